The predicted molar refractivity (Wildman–Crippen MR) is 97.3 cm³/mol. The van der Waals surface area contributed by atoms with E-state index in [9.17, 15) is 9.59 Å². The van der Waals surface area contributed by atoms with E-state index in [1.54, 1.807) is 39.0 Å². The molecule has 0 amide bonds. The number of hydrogen-bond acceptors (Lipinski definition) is 5. The number of fused-ring (bicyclic) bond motifs is 1. The molecule has 1 atom stereocenters. The highest BCUT2D eigenvalue weighted by molar-refractivity contribution is 6.14. The highest BCUT2D eigenvalue weighted by Gasteiger charge is 2.30. The standard InChI is InChI=1S/C21H20O5/c1-4-24-21(23)14(3)25-17-11-10-16-19(22)18(26-20(16)13(17)2)12-15-8-6-5-7-9-15/h5-12,14H,4H2,1-3H3/b18-12-. The summed E-state index contributed by atoms with van der Waals surface area (Å²) in [6.45, 7) is 5.45. The number of ether oxygens (including phenoxy) is 3. The van der Waals surface area contributed by atoms with Gasteiger partial charge < -0.3 is 14.2 Å². The summed E-state index contributed by atoms with van der Waals surface area (Å²) >= 11 is 0. The van der Waals surface area contributed by atoms with Crippen molar-refractivity contribution >= 4 is 17.8 Å². The second kappa shape index (κ2) is 7.44. The number of ketones is 1. The summed E-state index contributed by atoms with van der Waals surface area (Å²) in [5.41, 5.74) is 2.04. The van der Waals surface area contributed by atoms with E-state index in [0.717, 1.165) is 5.56 Å². The van der Waals surface area contributed by atoms with Crippen molar-refractivity contribution in [3.05, 3.63) is 64.9 Å². The third-order valence-corrected chi connectivity index (χ3v) is 4.06. The second-order valence-corrected chi connectivity index (χ2v) is 5.93. The molecule has 3 rings (SSSR count). The minimum Gasteiger partial charge on any atom is -0.479 e. The van der Waals surface area contributed by atoms with Gasteiger partial charge in [0.25, 0.3) is 0 Å². The van der Waals surface area contributed by atoms with Crippen molar-refractivity contribution in [2.24, 2.45) is 0 Å². The largest absolute Gasteiger partial charge is 0.479 e. The fraction of sp³-hybridized carbons (Fsp3) is 0.238. The van der Waals surface area contributed by atoms with Gasteiger partial charge in [0.1, 0.15) is 11.5 Å². The number of rotatable bonds is 5. The lowest BCUT2D eigenvalue weighted by atomic mass is 10.1. The van der Waals surface area contributed by atoms with Gasteiger partial charge in [0.15, 0.2) is 11.9 Å². The van der Waals surface area contributed by atoms with E-state index in [1.807, 2.05) is 30.3 Å². The molecule has 0 radical (unpaired) electrons. The van der Waals surface area contributed by atoms with E-state index < -0.39 is 12.1 Å². The highest BCUT2D eigenvalue weighted by atomic mass is 16.6. The summed E-state index contributed by atoms with van der Waals surface area (Å²) in [5, 5.41) is 0. The predicted octanol–water partition coefficient (Wildman–Crippen LogP) is 3.94. The summed E-state index contributed by atoms with van der Waals surface area (Å²) in [7, 11) is 0. The molecule has 0 spiro atoms. The van der Waals surface area contributed by atoms with Gasteiger partial charge in [-0.25, -0.2) is 4.79 Å². The molecular weight excluding hydrogens is 332 g/mol. The van der Waals surface area contributed by atoms with Crippen LogP contribution >= 0.6 is 0 Å². The fourth-order valence-corrected chi connectivity index (χ4v) is 2.69. The first-order valence-corrected chi connectivity index (χ1v) is 8.47. The van der Waals surface area contributed by atoms with Gasteiger partial charge in [0, 0.05) is 5.56 Å². The Labute approximate surface area is 152 Å². The smallest absolute Gasteiger partial charge is 0.347 e. The molecule has 0 N–H and O–H groups in total. The topological polar surface area (TPSA) is 61.8 Å². The number of carbonyl (C=O) groups is 2. The molecule has 26 heavy (non-hydrogen) atoms. The van der Waals surface area contributed by atoms with Crippen molar-refractivity contribution in [1.82, 2.24) is 0 Å². The van der Waals surface area contributed by atoms with Crippen LogP contribution in [0.25, 0.3) is 6.08 Å². The molecule has 0 aliphatic carbocycles. The number of hydrogen-bond donors (Lipinski definition) is 0. The van der Waals surface area contributed by atoms with Crippen LogP contribution in [-0.2, 0) is 9.53 Å². The lowest BCUT2D eigenvalue weighted by molar-refractivity contribution is -0.150. The van der Waals surface area contributed by atoms with Crippen LogP contribution in [0.15, 0.2) is 48.2 Å². The summed E-state index contributed by atoms with van der Waals surface area (Å²) in [4.78, 5) is 24.3. The summed E-state index contributed by atoms with van der Waals surface area (Å²) in [5.74, 6) is 0.611. The highest BCUT2D eigenvalue weighted by Crippen LogP contribution is 2.39. The lowest BCUT2D eigenvalue weighted by Crippen LogP contribution is -2.26. The van der Waals surface area contributed by atoms with Crippen molar-refractivity contribution in [1.29, 1.82) is 0 Å². The van der Waals surface area contributed by atoms with Crippen LogP contribution in [0.4, 0.5) is 0 Å². The molecular formula is C21H20O5. The first-order chi connectivity index (χ1) is 12.5. The Morgan fingerprint density at radius 3 is 2.62 bits per heavy atom. The van der Waals surface area contributed by atoms with Gasteiger partial charge in [0.05, 0.1) is 12.2 Å². The molecule has 1 aliphatic heterocycles. The first-order valence-electron chi connectivity index (χ1n) is 8.47. The van der Waals surface area contributed by atoms with Gasteiger partial charge in [-0.05, 0) is 44.5 Å². The van der Waals surface area contributed by atoms with Crippen molar-refractivity contribution in [2.75, 3.05) is 6.61 Å². The Morgan fingerprint density at radius 1 is 1.19 bits per heavy atom. The Hall–Kier alpha value is -3.08. The number of Topliss-reactive ketones (excluding diaryl/α,β-unsaturated/α-hetero) is 1. The number of benzene rings is 2. The molecule has 0 saturated heterocycles. The van der Waals surface area contributed by atoms with Gasteiger partial charge in [-0.1, -0.05) is 30.3 Å². The minimum atomic E-state index is -0.747. The SMILES string of the molecule is CCOC(=O)C(C)Oc1ccc2c(c1C)O/C(=C\c1ccccc1)C2=O. The molecule has 0 aromatic heterocycles. The number of carbonyl (C=O) groups excluding carboxylic acids is 2. The second-order valence-electron chi connectivity index (χ2n) is 5.93. The molecule has 134 valence electrons. The molecule has 5 nitrogen and oxygen atoms in total. The Balaban J connectivity index is 1.85. The zero-order valence-corrected chi connectivity index (χ0v) is 14.9. The molecule has 0 saturated carbocycles. The quantitative estimate of drug-likeness (QED) is 0.602. The van der Waals surface area contributed by atoms with Gasteiger partial charge in [-0.15, -0.1) is 0 Å². The van der Waals surface area contributed by atoms with Crippen LogP contribution in [0.3, 0.4) is 0 Å². The Kier molecular flexibility index (Phi) is 5.07. The fourth-order valence-electron chi connectivity index (χ4n) is 2.69. The molecule has 0 bridgehead atoms. The molecule has 1 unspecified atom stereocenters. The summed E-state index contributed by atoms with van der Waals surface area (Å²) in [6.07, 6.45) is 0.965. The van der Waals surface area contributed by atoms with Gasteiger partial charge in [-0.2, -0.15) is 0 Å². The van der Waals surface area contributed by atoms with Crippen LogP contribution in [0.2, 0.25) is 0 Å². The van der Waals surface area contributed by atoms with Crippen molar-refractivity contribution < 1.29 is 23.8 Å². The monoisotopic (exact) mass is 352 g/mol. The molecule has 1 heterocycles. The maximum Gasteiger partial charge on any atom is 0.347 e. The van der Waals surface area contributed by atoms with E-state index in [1.165, 1.54) is 0 Å². The molecule has 1 aliphatic rings. The maximum atomic E-state index is 12.6. The lowest BCUT2D eigenvalue weighted by Gasteiger charge is -2.16. The van der Waals surface area contributed by atoms with Crippen LogP contribution in [-0.4, -0.2) is 24.5 Å². The van der Waals surface area contributed by atoms with Crippen molar-refractivity contribution in [3.8, 4) is 11.5 Å². The van der Waals surface area contributed by atoms with Crippen LogP contribution in [0.5, 0.6) is 11.5 Å². The van der Waals surface area contributed by atoms with Gasteiger partial charge >= 0.3 is 5.97 Å². The molecule has 5 heteroatoms. The maximum absolute atomic E-state index is 12.6. The zero-order valence-electron chi connectivity index (χ0n) is 14.9. The van der Waals surface area contributed by atoms with Crippen LogP contribution in [0, 0.1) is 6.92 Å². The van der Waals surface area contributed by atoms with Crippen molar-refractivity contribution in [3.63, 3.8) is 0 Å². The van der Waals surface area contributed by atoms with Crippen LogP contribution in [0.1, 0.15) is 35.3 Å². The zero-order chi connectivity index (χ0) is 18.7. The number of esters is 1. The van der Waals surface area contributed by atoms with Crippen molar-refractivity contribution in [2.45, 2.75) is 26.9 Å². The van der Waals surface area contributed by atoms with E-state index in [0.29, 0.717) is 29.2 Å². The average molecular weight is 352 g/mol. The molecule has 2 aromatic rings. The van der Waals surface area contributed by atoms with E-state index in [4.69, 9.17) is 14.2 Å². The normalized spacial score (nSPS) is 15.3. The van der Waals surface area contributed by atoms with E-state index in [2.05, 4.69) is 0 Å². The van der Waals surface area contributed by atoms with Gasteiger partial charge in [-0.3, -0.25) is 4.79 Å². The third kappa shape index (κ3) is 3.47. The minimum absolute atomic E-state index is 0.169. The van der Waals surface area contributed by atoms with Gasteiger partial charge in [0.2, 0.25) is 5.78 Å². The van der Waals surface area contributed by atoms with Crippen LogP contribution < -0.4 is 9.47 Å². The van der Waals surface area contributed by atoms with E-state index >= 15 is 0 Å². The Bertz CT molecular complexity index is 867. The third-order valence-electron chi connectivity index (χ3n) is 4.06. The molecule has 0 fully saturated rings. The summed E-state index contributed by atoms with van der Waals surface area (Å²) < 4.78 is 16.4. The Morgan fingerprint density at radius 2 is 1.92 bits per heavy atom. The van der Waals surface area contributed by atoms with E-state index in [-0.39, 0.29) is 11.5 Å². The summed E-state index contributed by atoms with van der Waals surface area (Å²) in [6, 6.07) is 12.8. The number of allylic oxidation sites excluding steroid dienone is 1. The first kappa shape index (κ1) is 17.7. The molecule has 2 aromatic carbocycles. The average Bonchev–Trinajstić information content (AvgIpc) is 2.95.